The third kappa shape index (κ3) is 5.12. The van der Waals surface area contributed by atoms with Gasteiger partial charge < -0.3 is 9.26 Å². The summed E-state index contributed by atoms with van der Waals surface area (Å²) >= 11 is 7.49. The van der Waals surface area contributed by atoms with Crippen LogP contribution < -0.4 is 5.56 Å². The largest absolute Gasteiger partial charge is 0.385 e. The predicted molar refractivity (Wildman–Crippen MR) is 110 cm³/mol. The van der Waals surface area contributed by atoms with Crippen LogP contribution in [-0.2, 0) is 23.5 Å². The van der Waals surface area contributed by atoms with Crippen LogP contribution in [0.3, 0.4) is 0 Å². The Labute approximate surface area is 172 Å². The number of unbranched alkanes of at least 4 members (excludes halogenated alkanes) is 1. The molecular formula is C19H23ClN4O3S. The number of hydrogen-bond acceptors (Lipinski definition) is 7. The van der Waals surface area contributed by atoms with Crippen LogP contribution in [0.2, 0.25) is 5.02 Å². The Morgan fingerprint density at radius 1 is 1.29 bits per heavy atom. The fraction of sp³-hybridized carbons (Fsp3) is 0.474. The van der Waals surface area contributed by atoms with Crippen LogP contribution in [0.4, 0.5) is 0 Å². The highest BCUT2D eigenvalue weighted by Crippen LogP contribution is 2.23. The van der Waals surface area contributed by atoms with Gasteiger partial charge in [-0.3, -0.25) is 9.36 Å². The van der Waals surface area contributed by atoms with E-state index in [9.17, 15) is 4.79 Å². The lowest BCUT2D eigenvalue weighted by molar-refractivity contribution is 0.189. The molecule has 9 heteroatoms. The summed E-state index contributed by atoms with van der Waals surface area (Å²) in [5.74, 6) is 1.71. The Bertz CT molecular complexity index is 989. The lowest BCUT2D eigenvalue weighted by Crippen LogP contribution is -2.24. The van der Waals surface area contributed by atoms with Gasteiger partial charge in [0, 0.05) is 31.7 Å². The summed E-state index contributed by atoms with van der Waals surface area (Å²) in [4.78, 5) is 22.0. The second kappa shape index (κ2) is 10.0. The van der Waals surface area contributed by atoms with Crippen LogP contribution in [0.25, 0.3) is 10.9 Å². The van der Waals surface area contributed by atoms with E-state index < -0.39 is 0 Å². The Hall–Kier alpha value is -1.90. The number of benzene rings is 1. The maximum absolute atomic E-state index is 13.0. The molecule has 28 heavy (non-hydrogen) atoms. The van der Waals surface area contributed by atoms with E-state index >= 15 is 0 Å². The number of rotatable bonds is 10. The predicted octanol–water partition coefficient (Wildman–Crippen LogP) is 4.10. The van der Waals surface area contributed by atoms with E-state index in [0.717, 1.165) is 19.3 Å². The van der Waals surface area contributed by atoms with Crippen LogP contribution >= 0.6 is 23.4 Å². The fourth-order valence-electron chi connectivity index (χ4n) is 2.76. The SMILES string of the molecule is CCCCc1nc(CSc2nc3cc(Cl)ccc3c(=O)n2CCCOC)no1. The second-order valence-corrected chi connectivity index (χ2v) is 7.73. The molecule has 0 N–H and O–H groups in total. The summed E-state index contributed by atoms with van der Waals surface area (Å²) in [6.07, 6.45) is 3.58. The zero-order chi connectivity index (χ0) is 19.9. The molecule has 3 aromatic rings. The molecule has 0 saturated heterocycles. The third-order valence-corrected chi connectivity index (χ3v) is 5.40. The molecule has 0 saturated carbocycles. The highest BCUT2D eigenvalue weighted by atomic mass is 35.5. The number of thioether (sulfide) groups is 1. The van der Waals surface area contributed by atoms with Gasteiger partial charge in [0.05, 0.1) is 16.7 Å². The highest BCUT2D eigenvalue weighted by molar-refractivity contribution is 7.98. The van der Waals surface area contributed by atoms with Crippen molar-refractivity contribution in [1.82, 2.24) is 19.7 Å². The van der Waals surface area contributed by atoms with E-state index in [0.29, 0.717) is 58.1 Å². The molecule has 2 heterocycles. The zero-order valence-corrected chi connectivity index (χ0v) is 17.6. The van der Waals surface area contributed by atoms with Crippen LogP contribution in [0.1, 0.15) is 37.9 Å². The number of hydrogen-bond donors (Lipinski definition) is 0. The molecule has 7 nitrogen and oxygen atoms in total. The van der Waals surface area contributed by atoms with Gasteiger partial charge >= 0.3 is 0 Å². The normalized spacial score (nSPS) is 11.4. The second-order valence-electron chi connectivity index (χ2n) is 6.36. The van der Waals surface area contributed by atoms with Gasteiger partial charge in [0.25, 0.3) is 5.56 Å². The first-order valence-corrected chi connectivity index (χ1v) is 10.6. The van der Waals surface area contributed by atoms with Gasteiger partial charge in [0.2, 0.25) is 5.89 Å². The fourth-order valence-corrected chi connectivity index (χ4v) is 3.79. The first-order chi connectivity index (χ1) is 13.6. The van der Waals surface area contributed by atoms with Gasteiger partial charge in [-0.1, -0.05) is 41.9 Å². The molecule has 0 aliphatic carbocycles. The molecule has 0 aliphatic heterocycles. The third-order valence-electron chi connectivity index (χ3n) is 4.20. The molecule has 3 rings (SSSR count). The van der Waals surface area contributed by atoms with Gasteiger partial charge in [-0.2, -0.15) is 4.98 Å². The van der Waals surface area contributed by atoms with Crippen LogP contribution in [0.5, 0.6) is 0 Å². The summed E-state index contributed by atoms with van der Waals surface area (Å²) in [6, 6.07) is 5.13. The van der Waals surface area contributed by atoms with Crippen molar-refractivity contribution < 1.29 is 9.26 Å². The lowest BCUT2D eigenvalue weighted by atomic mass is 10.2. The van der Waals surface area contributed by atoms with E-state index in [4.69, 9.17) is 20.9 Å². The molecule has 0 spiro atoms. The molecule has 0 amide bonds. The average Bonchev–Trinajstić information content (AvgIpc) is 3.14. The maximum Gasteiger partial charge on any atom is 0.262 e. The summed E-state index contributed by atoms with van der Waals surface area (Å²) < 4.78 is 12.1. The highest BCUT2D eigenvalue weighted by Gasteiger charge is 2.14. The summed E-state index contributed by atoms with van der Waals surface area (Å²) in [7, 11) is 1.64. The number of methoxy groups -OCH3 is 1. The van der Waals surface area contributed by atoms with Crippen molar-refractivity contribution in [1.29, 1.82) is 0 Å². The van der Waals surface area contributed by atoms with E-state index in [1.165, 1.54) is 11.8 Å². The minimum absolute atomic E-state index is 0.0861. The number of fused-ring (bicyclic) bond motifs is 1. The molecule has 0 aliphatic rings. The minimum Gasteiger partial charge on any atom is -0.385 e. The van der Waals surface area contributed by atoms with Crippen LogP contribution in [0.15, 0.2) is 32.7 Å². The molecule has 0 fully saturated rings. The Kier molecular flexibility index (Phi) is 7.47. The van der Waals surface area contributed by atoms with Crippen LogP contribution in [-0.4, -0.2) is 33.4 Å². The molecule has 2 aromatic heterocycles. The topological polar surface area (TPSA) is 83.0 Å². The first-order valence-electron chi connectivity index (χ1n) is 9.25. The number of halogens is 1. The van der Waals surface area contributed by atoms with Crippen molar-refractivity contribution in [2.75, 3.05) is 13.7 Å². The van der Waals surface area contributed by atoms with Crippen LogP contribution in [0, 0.1) is 0 Å². The van der Waals surface area contributed by atoms with Gasteiger partial charge in [-0.25, -0.2) is 4.98 Å². The number of aromatic nitrogens is 4. The molecular weight excluding hydrogens is 400 g/mol. The summed E-state index contributed by atoms with van der Waals surface area (Å²) in [5.41, 5.74) is 0.497. The van der Waals surface area contributed by atoms with Crippen molar-refractivity contribution in [2.45, 2.75) is 50.1 Å². The maximum atomic E-state index is 13.0. The monoisotopic (exact) mass is 422 g/mol. The van der Waals surface area contributed by atoms with E-state index in [2.05, 4.69) is 22.0 Å². The van der Waals surface area contributed by atoms with Crippen molar-refractivity contribution in [3.63, 3.8) is 0 Å². The smallest absolute Gasteiger partial charge is 0.262 e. The molecule has 0 atom stereocenters. The quantitative estimate of drug-likeness (QED) is 0.276. The van der Waals surface area contributed by atoms with Gasteiger partial charge in [-0.05, 0) is 31.0 Å². The van der Waals surface area contributed by atoms with Gasteiger partial charge in [0.15, 0.2) is 11.0 Å². The van der Waals surface area contributed by atoms with Crippen molar-refractivity contribution >= 4 is 34.3 Å². The minimum atomic E-state index is -0.0861. The number of ether oxygens (including phenoxy) is 1. The zero-order valence-electron chi connectivity index (χ0n) is 16.0. The Balaban J connectivity index is 1.85. The van der Waals surface area contributed by atoms with Gasteiger partial charge in [-0.15, -0.1) is 0 Å². The summed E-state index contributed by atoms with van der Waals surface area (Å²) in [5, 5.41) is 5.73. The number of aryl methyl sites for hydroxylation is 1. The molecule has 0 unspecified atom stereocenters. The molecule has 0 radical (unpaired) electrons. The molecule has 0 bridgehead atoms. The summed E-state index contributed by atoms with van der Waals surface area (Å²) in [6.45, 7) is 3.21. The molecule has 150 valence electrons. The van der Waals surface area contributed by atoms with E-state index in [1.807, 2.05) is 0 Å². The lowest BCUT2D eigenvalue weighted by Gasteiger charge is -2.12. The first kappa shape index (κ1) is 20.8. The Morgan fingerprint density at radius 3 is 2.93 bits per heavy atom. The standard InChI is InChI=1S/C19H23ClN4O3S/c1-3-4-6-17-22-16(23-27-17)12-28-19-21-15-11-13(20)7-8-14(15)18(25)24(19)9-5-10-26-2/h7-8,11H,3-6,9-10,12H2,1-2H3. The van der Waals surface area contributed by atoms with E-state index in [-0.39, 0.29) is 5.56 Å². The van der Waals surface area contributed by atoms with Crippen molar-refractivity contribution in [3.8, 4) is 0 Å². The average molecular weight is 423 g/mol. The van der Waals surface area contributed by atoms with E-state index in [1.54, 1.807) is 29.9 Å². The van der Waals surface area contributed by atoms with Crippen molar-refractivity contribution in [2.24, 2.45) is 0 Å². The molecule has 1 aromatic carbocycles. The van der Waals surface area contributed by atoms with Gasteiger partial charge in [0.1, 0.15) is 0 Å². The number of nitrogens with zero attached hydrogens (tertiary/aromatic N) is 4. The Morgan fingerprint density at radius 2 is 2.14 bits per heavy atom. The van der Waals surface area contributed by atoms with Crippen molar-refractivity contribution in [3.05, 3.63) is 45.3 Å².